The van der Waals surface area contributed by atoms with Crippen LogP contribution in [0.15, 0.2) is 47.4 Å². The summed E-state index contributed by atoms with van der Waals surface area (Å²) in [6.45, 7) is 5.22. The zero-order valence-corrected chi connectivity index (χ0v) is 18.4. The van der Waals surface area contributed by atoms with Gasteiger partial charge >= 0.3 is 0 Å². The van der Waals surface area contributed by atoms with Gasteiger partial charge in [0.2, 0.25) is 10.0 Å². The standard InChI is InChI=1S/C23H26N4O3S/c1-14-7-8-18-17(13-14)15(2)21(24-18)23(28)27-11-9-16(10-12-27)22-25-19-5-3-4-6-20(19)31(29,30)26-22/h3-8,13,16,22,24-26H,9-12H2,1-2H3. The second-order valence-electron chi connectivity index (χ2n) is 8.54. The number of aromatic nitrogens is 1. The van der Waals surface area contributed by atoms with E-state index in [4.69, 9.17) is 0 Å². The molecule has 3 aromatic rings. The topological polar surface area (TPSA) is 94.3 Å². The van der Waals surface area contributed by atoms with Crippen molar-refractivity contribution < 1.29 is 13.2 Å². The number of nitrogens with one attached hydrogen (secondary N) is 3. The van der Waals surface area contributed by atoms with E-state index in [9.17, 15) is 13.2 Å². The smallest absolute Gasteiger partial charge is 0.270 e. The molecule has 8 heteroatoms. The van der Waals surface area contributed by atoms with Gasteiger partial charge in [0.25, 0.3) is 5.91 Å². The molecule has 2 aromatic carbocycles. The molecule has 0 spiro atoms. The molecular formula is C23H26N4O3S. The van der Waals surface area contributed by atoms with Crippen molar-refractivity contribution in [1.82, 2.24) is 14.6 Å². The number of sulfonamides is 1. The molecule has 2 aliphatic rings. The summed E-state index contributed by atoms with van der Waals surface area (Å²) in [5, 5.41) is 4.41. The Morgan fingerprint density at radius 2 is 1.81 bits per heavy atom. The predicted octanol–water partition coefficient (Wildman–Crippen LogP) is 3.37. The molecule has 1 fully saturated rings. The van der Waals surface area contributed by atoms with Crippen molar-refractivity contribution in [2.75, 3.05) is 18.4 Å². The Bertz CT molecular complexity index is 1270. The quantitative estimate of drug-likeness (QED) is 0.572. The molecule has 0 aliphatic carbocycles. The van der Waals surface area contributed by atoms with E-state index in [1.807, 2.05) is 36.9 Å². The second-order valence-corrected chi connectivity index (χ2v) is 10.2. The van der Waals surface area contributed by atoms with Gasteiger partial charge in [-0.05, 0) is 62.4 Å². The molecule has 7 nitrogen and oxygen atoms in total. The van der Waals surface area contributed by atoms with Crippen LogP contribution in [0, 0.1) is 19.8 Å². The largest absolute Gasteiger partial charge is 0.368 e. The van der Waals surface area contributed by atoms with E-state index in [1.54, 1.807) is 18.2 Å². The van der Waals surface area contributed by atoms with Gasteiger partial charge in [-0.3, -0.25) is 4.79 Å². The Labute approximate surface area is 181 Å². The van der Waals surface area contributed by atoms with E-state index in [-0.39, 0.29) is 22.9 Å². The van der Waals surface area contributed by atoms with Gasteiger partial charge in [0.1, 0.15) is 10.6 Å². The van der Waals surface area contributed by atoms with Crippen molar-refractivity contribution in [3.05, 3.63) is 59.3 Å². The lowest BCUT2D eigenvalue weighted by Gasteiger charge is -2.38. The molecule has 5 rings (SSSR count). The van der Waals surface area contributed by atoms with E-state index < -0.39 is 10.0 Å². The van der Waals surface area contributed by atoms with Crippen LogP contribution in [0.25, 0.3) is 10.9 Å². The third-order valence-electron chi connectivity index (χ3n) is 6.50. The maximum atomic E-state index is 13.2. The molecule has 0 bridgehead atoms. The van der Waals surface area contributed by atoms with Crippen LogP contribution in [0.2, 0.25) is 0 Å². The number of piperidine rings is 1. The Morgan fingerprint density at radius 3 is 2.58 bits per heavy atom. The van der Waals surface area contributed by atoms with Gasteiger partial charge in [-0.25, -0.2) is 8.42 Å². The van der Waals surface area contributed by atoms with E-state index in [2.05, 4.69) is 21.1 Å². The van der Waals surface area contributed by atoms with Crippen molar-refractivity contribution in [3.8, 4) is 0 Å². The Kier molecular flexibility index (Phi) is 4.79. The first-order valence-electron chi connectivity index (χ1n) is 10.6. The number of aromatic amines is 1. The lowest BCUT2D eigenvalue weighted by molar-refractivity contribution is 0.0673. The molecule has 0 saturated carbocycles. The van der Waals surface area contributed by atoms with Crippen LogP contribution in [-0.2, 0) is 10.0 Å². The maximum absolute atomic E-state index is 13.2. The zero-order valence-electron chi connectivity index (χ0n) is 17.6. The number of carbonyl (C=O) groups is 1. The molecule has 1 amide bonds. The summed E-state index contributed by atoms with van der Waals surface area (Å²) < 4.78 is 28.0. The van der Waals surface area contributed by atoms with Gasteiger partial charge in [0.05, 0.1) is 11.9 Å². The number of amides is 1. The minimum atomic E-state index is -3.54. The van der Waals surface area contributed by atoms with Crippen molar-refractivity contribution in [2.45, 2.75) is 37.8 Å². The number of carbonyl (C=O) groups excluding carboxylic acids is 1. The van der Waals surface area contributed by atoms with Crippen LogP contribution in [-0.4, -0.2) is 43.5 Å². The number of hydrogen-bond acceptors (Lipinski definition) is 4. The van der Waals surface area contributed by atoms with Gasteiger partial charge in [0, 0.05) is 24.0 Å². The normalized spacial score (nSPS) is 21.0. The van der Waals surface area contributed by atoms with Crippen LogP contribution in [0.5, 0.6) is 0 Å². The minimum Gasteiger partial charge on any atom is -0.368 e. The Balaban J connectivity index is 1.30. The molecule has 1 aromatic heterocycles. The Hall–Kier alpha value is -2.84. The SMILES string of the molecule is Cc1ccc2[nH]c(C(=O)N3CCC(C4Nc5ccccc5S(=O)(=O)N4)CC3)c(C)c2c1. The molecule has 31 heavy (non-hydrogen) atoms. The highest BCUT2D eigenvalue weighted by atomic mass is 32.2. The van der Waals surface area contributed by atoms with Gasteiger partial charge in [-0.15, -0.1) is 0 Å². The van der Waals surface area contributed by atoms with Crippen LogP contribution < -0.4 is 10.0 Å². The number of likely N-dealkylation sites (tertiary alicyclic amines) is 1. The number of aryl methyl sites for hydroxylation is 2. The van der Waals surface area contributed by atoms with Gasteiger partial charge in [-0.2, -0.15) is 4.72 Å². The first-order chi connectivity index (χ1) is 14.8. The Morgan fingerprint density at radius 1 is 1.06 bits per heavy atom. The fourth-order valence-electron chi connectivity index (χ4n) is 4.71. The fraction of sp³-hybridized carbons (Fsp3) is 0.348. The van der Waals surface area contributed by atoms with Crippen LogP contribution in [0.1, 0.15) is 34.5 Å². The third kappa shape index (κ3) is 3.49. The number of nitrogens with zero attached hydrogens (tertiary/aromatic N) is 1. The molecule has 2 aliphatic heterocycles. The predicted molar refractivity (Wildman–Crippen MR) is 121 cm³/mol. The summed E-state index contributed by atoms with van der Waals surface area (Å²) >= 11 is 0. The highest BCUT2D eigenvalue weighted by Gasteiger charge is 2.36. The first-order valence-corrected chi connectivity index (χ1v) is 12.1. The lowest BCUT2D eigenvalue weighted by Crippen LogP contribution is -2.52. The molecular weight excluding hydrogens is 412 g/mol. The number of H-pyrrole nitrogens is 1. The van der Waals surface area contributed by atoms with E-state index >= 15 is 0 Å². The molecule has 162 valence electrons. The monoisotopic (exact) mass is 438 g/mol. The summed E-state index contributed by atoms with van der Waals surface area (Å²) in [5.41, 5.74) is 4.39. The highest BCUT2D eigenvalue weighted by Crippen LogP contribution is 2.31. The van der Waals surface area contributed by atoms with Crippen LogP contribution >= 0.6 is 0 Å². The number of anilines is 1. The second kappa shape index (κ2) is 7.39. The minimum absolute atomic E-state index is 0.00679. The van der Waals surface area contributed by atoms with Gasteiger partial charge in [0.15, 0.2) is 0 Å². The molecule has 3 heterocycles. The van der Waals surface area contributed by atoms with E-state index in [0.717, 1.165) is 29.3 Å². The highest BCUT2D eigenvalue weighted by molar-refractivity contribution is 7.89. The molecule has 1 atom stereocenters. The van der Waals surface area contributed by atoms with Crippen LogP contribution in [0.4, 0.5) is 5.69 Å². The lowest BCUT2D eigenvalue weighted by atomic mass is 9.93. The first kappa shape index (κ1) is 20.1. The molecule has 1 saturated heterocycles. The number of fused-ring (bicyclic) bond motifs is 2. The average molecular weight is 439 g/mol. The van der Waals surface area contributed by atoms with Crippen molar-refractivity contribution in [1.29, 1.82) is 0 Å². The third-order valence-corrected chi connectivity index (χ3v) is 7.99. The summed E-state index contributed by atoms with van der Waals surface area (Å²) in [7, 11) is -3.54. The summed E-state index contributed by atoms with van der Waals surface area (Å²) in [4.78, 5) is 18.6. The summed E-state index contributed by atoms with van der Waals surface area (Å²) in [5.74, 6) is 0.117. The summed E-state index contributed by atoms with van der Waals surface area (Å²) in [6.07, 6.45) is 1.09. The van der Waals surface area contributed by atoms with Gasteiger partial charge in [-0.1, -0.05) is 23.8 Å². The maximum Gasteiger partial charge on any atom is 0.270 e. The van der Waals surface area contributed by atoms with Gasteiger partial charge < -0.3 is 15.2 Å². The fourth-order valence-corrected chi connectivity index (χ4v) is 6.10. The molecule has 0 radical (unpaired) electrons. The number of hydrogen-bond donors (Lipinski definition) is 3. The van der Waals surface area contributed by atoms with Crippen LogP contribution in [0.3, 0.4) is 0 Å². The van der Waals surface area contributed by atoms with E-state index in [1.165, 1.54) is 5.56 Å². The molecule has 1 unspecified atom stereocenters. The van der Waals surface area contributed by atoms with Crippen molar-refractivity contribution in [2.24, 2.45) is 5.92 Å². The van der Waals surface area contributed by atoms with Crippen molar-refractivity contribution >= 4 is 32.5 Å². The van der Waals surface area contributed by atoms with E-state index in [0.29, 0.717) is 24.5 Å². The average Bonchev–Trinajstić information content (AvgIpc) is 3.09. The number of benzene rings is 2. The summed E-state index contributed by atoms with van der Waals surface area (Å²) in [6, 6.07) is 13.1. The van der Waals surface area contributed by atoms with Crippen molar-refractivity contribution in [3.63, 3.8) is 0 Å². The molecule has 3 N–H and O–H groups in total. The zero-order chi connectivity index (χ0) is 21.8. The number of para-hydroxylation sites is 1. The number of rotatable bonds is 2.